The molecule has 1 aromatic heterocycles. The summed E-state index contributed by atoms with van der Waals surface area (Å²) < 4.78 is 32.1. The minimum absolute atomic E-state index is 0.0164. The second-order valence-electron chi connectivity index (χ2n) is 8.01. The van der Waals surface area contributed by atoms with E-state index in [1.54, 1.807) is 4.90 Å². The lowest BCUT2D eigenvalue weighted by Gasteiger charge is -2.39. The number of hydrogen-bond donors (Lipinski definition) is 1. The predicted molar refractivity (Wildman–Crippen MR) is 100 cm³/mol. The van der Waals surface area contributed by atoms with Crippen molar-refractivity contribution in [3.8, 4) is 0 Å². The SMILES string of the molecule is O=C(O)c1cn(C2CC2)c2c(F)c(N3CCN4CCC[C@H]4C3)c(F)cc2c1=O. The van der Waals surface area contributed by atoms with Gasteiger partial charge < -0.3 is 14.6 Å². The molecule has 0 bridgehead atoms. The van der Waals surface area contributed by atoms with E-state index < -0.39 is 28.6 Å². The lowest BCUT2D eigenvalue weighted by Crippen LogP contribution is -2.50. The molecular formula is C20H21F2N3O3. The maximum absolute atomic E-state index is 15.6. The van der Waals surface area contributed by atoms with Crippen LogP contribution < -0.4 is 10.3 Å². The van der Waals surface area contributed by atoms with Gasteiger partial charge in [0.2, 0.25) is 5.43 Å². The molecule has 0 amide bonds. The number of aromatic carboxylic acids is 1. The predicted octanol–water partition coefficient (Wildman–Crippen LogP) is 2.60. The van der Waals surface area contributed by atoms with Gasteiger partial charge >= 0.3 is 5.97 Å². The molecule has 1 saturated carbocycles. The van der Waals surface area contributed by atoms with E-state index in [0.29, 0.717) is 19.1 Å². The molecule has 3 heterocycles. The van der Waals surface area contributed by atoms with Crippen molar-refractivity contribution in [2.24, 2.45) is 0 Å². The zero-order valence-corrected chi connectivity index (χ0v) is 15.3. The van der Waals surface area contributed by atoms with Crippen LogP contribution in [0.2, 0.25) is 0 Å². The summed E-state index contributed by atoms with van der Waals surface area (Å²) in [5.41, 5.74) is -1.38. The molecule has 148 valence electrons. The zero-order valence-electron chi connectivity index (χ0n) is 15.3. The van der Waals surface area contributed by atoms with Crippen LogP contribution in [0.1, 0.15) is 42.1 Å². The number of carboxylic acids is 1. The smallest absolute Gasteiger partial charge is 0.341 e. The fourth-order valence-corrected chi connectivity index (χ4v) is 4.71. The van der Waals surface area contributed by atoms with E-state index in [1.807, 2.05) is 0 Å². The number of nitrogens with zero attached hydrogens (tertiary/aromatic N) is 3. The lowest BCUT2D eigenvalue weighted by atomic mass is 10.1. The third kappa shape index (κ3) is 2.62. The molecule has 2 aliphatic heterocycles. The van der Waals surface area contributed by atoms with E-state index in [2.05, 4.69) is 4.90 Å². The largest absolute Gasteiger partial charge is 0.477 e. The third-order valence-corrected chi connectivity index (χ3v) is 6.26. The Hall–Kier alpha value is -2.48. The molecule has 2 saturated heterocycles. The summed E-state index contributed by atoms with van der Waals surface area (Å²) in [6.07, 6.45) is 4.89. The number of anilines is 1. The molecule has 1 aromatic carbocycles. The number of pyridine rings is 1. The van der Waals surface area contributed by atoms with Crippen molar-refractivity contribution in [3.63, 3.8) is 0 Å². The minimum Gasteiger partial charge on any atom is -0.477 e. The Kier molecular flexibility index (Phi) is 3.94. The summed E-state index contributed by atoms with van der Waals surface area (Å²) in [5.74, 6) is -2.95. The van der Waals surface area contributed by atoms with E-state index >= 15 is 4.39 Å². The number of fused-ring (bicyclic) bond motifs is 2. The van der Waals surface area contributed by atoms with E-state index in [-0.39, 0.29) is 22.6 Å². The average Bonchev–Trinajstić information content (AvgIpc) is 3.39. The molecular weight excluding hydrogens is 368 g/mol. The molecule has 28 heavy (non-hydrogen) atoms. The number of aromatic nitrogens is 1. The van der Waals surface area contributed by atoms with Crippen LogP contribution in [-0.2, 0) is 0 Å². The van der Waals surface area contributed by atoms with Gasteiger partial charge in [-0.05, 0) is 38.3 Å². The number of piperazine rings is 1. The Labute approximate surface area is 160 Å². The fraction of sp³-hybridized carbons (Fsp3) is 0.500. The highest BCUT2D eigenvalue weighted by Crippen LogP contribution is 2.40. The van der Waals surface area contributed by atoms with Crippen molar-refractivity contribution in [2.45, 2.75) is 37.8 Å². The standard InChI is InChI=1S/C20H21F2N3O3/c21-15-8-13-17(25(11-3-4-11)10-14(19(13)26)20(27)28)16(22)18(15)24-7-6-23-5-1-2-12(23)9-24/h8,10-12H,1-7,9H2,(H,27,28)/t12-/m0/s1. The first kappa shape index (κ1) is 17.6. The van der Waals surface area contributed by atoms with Crippen molar-refractivity contribution >= 4 is 22.6 Å². The van der Waals surface area contributed by atoms with Gasteiger partial charge in [-0.15, -0.1) is 0 Å². The molecule has 0 unspecified atom stereocenters. The summed E-state index contributed by atoms with van der Waals surface area (Å²) >= 11 is 0. The Bertz CT molecular complexity index is 1050. The average molecular weight is 389 g/mol. The number of carbonyl (C=O) groups is 1. The van der Waals surface area contributed by atoms with Gasteiger partial charge in [0.25, 0.3) is 0 Å². The number of hydrogen-bond acceptors (Lipinski definition) is 4. The van der Waals surface area contributed by atoms with E-state index in [0.717, 1.165) is 44.8 Å². The molecule has 0 radical (unpaired) electrons. The summed E-state index contributed by atoms with van der Waals surface area (Å²) in [4.78, 5) is 28.1. The molecule has 0 spiro atoms. The van der Waals surface area contributed by atoms with Gasteiger partial charge in [0.1, 0.15) is 17.1 Å². The second-order valence-corrected chi connectivity index (χ2v) is 8.01. The van der Waals surface area contributed by atoms with Gasteiger partial charge in [-0.2, -0.15) is 0 Å². The van der Waals surface area contributed by atoms with E-state index in [1.165, 1.54) is 10.8 Å². The first-order valence-corrected chi connectivity index (χ1v) is 9.75. The maximum Gasteiger partial charge on any atom is 0.341 e. The van der Waals surface area contributed by atoms with Gasteiger partial charge in [0, 0.05) is 37.9 Å². The van der Waals surface area contributed by atoms with Gasteiger partial charge in [-0.25, -0.2) is 13.6 Å². The molecule has 3 fully saturated rings. The van der Waals surface area contributed by atoms with Crippen LogP contribution in [0.5, 0.6) is 0 Å². The van der Waals surface area contributed by atoms with Gasteiger partial charge in [0.05, 0.1) is 10.9 Å². The maximum atomic E-state index is 15.6. The molecule has 3 aliphatic rings. The summed E-state index contributed by atoms with van der Waals surface area (Å²) in [6, 6.07) is 1.26. The first-order valence-electron chi connectivity index (χ1n) is 9.75. The monoisotopic (exact) mass is 389 g/mol. The fourth-order valence-electron chi connectivity index (χ4n) is 4.71. The van der Waals surface area contributed by atoms with Crippen LogP contribution in [0.25, 0.3) is 10.9 Å². The topological polar surface area (TPSA) is 65.8 Å². The lowest BCUT2D eigenvalue weighted by molar-refractivity contribution is 0.0695. The molecule has 8 heteroatoms. The highest BCUT2D eigenvalue weighted by molar-refractivity contribution is 5.94. The van der Waals surface area contributed by atoms with Crippen molar-refractivity contribution in [1.82, 2.24) is 9.47 Å². The molecule has 1 N–H and O–H groups in total. The van der Waals surface area contributed by atoms with Crippen LogP contribution >= 0.6 is 0 Å². The number of halogens is 2. The highest BCUT2D eigenvalue weighted by Gasteiger charge is 2.35. The van der Waals surface area contributed by atoms with E-state index in [4.69, 9.17) is 0 Å². The number of rotatable bonds is 3. The van der Waals surface area contributed by atoms with Gasteiger partial charge in [-0.3, -0.25) is 9.69 Å². The molecule has 1 aliphatic carbocycles. The highest BCUT2D eigenvalue weighted by atomic mass is 19.1. The van der Waals surface area contributed by atoms with E-state index in [9.17, 15) is 19.1 Å². The minimum atomic E-state index is -1.39. The van der Waals surface area contributed by atoms with Crippen LogP contribution in [0.4, 0.5) is 14.5 Å². The number of carboxylic acid groups (broad SMARTS) is 1. The molecule has 2 aromatic rings. The Morgan fingerprint density at radius 2 is 1.89 bits per heavy atom. The first-order chi connectivity index (χ1) is 13.5. The van der Waals surface area contributed by atoms with Crippen LogP contribution in [-0.4, -0.2) is 52.8 Å². The van der Waals surface area contributed by atoms with Crippen molar-refractivity contribution in [2.75, 3.05) is 31.1 Å². The van der Waals surface area contributed by atoms with Crippen LogP contribution in [0.3, 0.4) is 0 Å². The van der Waals surface area contributed by atoms with Crippen LogP contribution in [0.15, 0.2) is 17.1 Å². The summed E-state index contributed by atoms with van der Waals surface area (Å²) in [7, 11) is 0. The third-order valence-electron chi connectivity index (χ3n) is 6.26. The van der Waals surface area contributed by atoms with Crippen molar-refractivity contribution < 1.29 is 18.7 Å². The van der Waals surface area contributed by atoms with Crippen LogP contribution in [0, 0.1) is 11.6 Å². The van der Waals surface area contributed by atoms with Gasteiger partial charge in [-0.1, -0.05) is 0 Å². The van der Waals surface area contributed by atoms with Crippen molar-refractivity contribution in [3.05, 3.63) is 39.7 Å². The normalized spacial score (nSPS) is 22.6. The molecule has 5 rings (SSSR count). The second kappa shape index (κ2) is 6.27. The Morgan fingerprint density at radius 3 is 2.61 bits per heavy atom. The Morgan fingerprint density at radius 1 is 1.11 bits per heavy atom. The summed E-state index contributed by atoms with van der Waals surface area (Å²) in [5, 5.41) is 9.12. The zero-order chi connectivity index (χ0) is 19.6. The Balaban J connectivity index is 1.69. The quantitative estimate of drug-likeness (QED) is 0.874. The van der Waals surface area contributed by atoms with Gasteiger partial charge in [0.15, 0.2) is 5.82 Å². The van der Waals surface area contributed by atoms with Crippen molar-refractivity contribution in [1.29, 1.82) is 0 Å². The molecule has 6 nitrogen and oxygen atoms in total. The number of benzene rings is 1. The summed E-state index contributed by atoms with van der Waals surface area (Å²) in [6.45, 7) is 2.87. The molecule has 1 atom stereocenters.